The van der Waals surface area contributed by atoms with Gasteiger partial charge in [0.15, 0.2) is 0 Å². The molecule has 1 aromatic carbocycles. The number of hydrogen-bond donors (Lipinski definition) is 2. The molecule has 1 aromatic rings. The SMILES string of the molecule is CCC(NC(=O)CNC(=O)OC(C)(C)C)c1ccc(F)cc1. The van der Waals surface area contributed by atoms with Crippen molar-refractivity contribution >= 4 is 12.0 Å². The second kappa shape index (κ2) is 7.77. The first-order chi connectivity index (χ1) is 10.2. The van der Waals surface area contributed by atoms with Gasteiger partial charge in [0.05, 0.1) is 6.04 Å². The lowest BCUT2D eigenvalue weighted by molar-refractivity contribution is -0.121. The molecule has 0 saturated carbocycles. The van der Waals surface area contributed by atoms with Gasteiger partial charge in [0.25, 0.3) is 0 Å². The van der Waals surface area contributed by atoms with E-state index in [2.05, 4.69) is 10.6 Å². The quantitative estimate of drug-likeness (QED) is 0.878. The van der Waals surface area contributed by atoms with Crippen molar-refractivity contribution in [3.63, 3.8) is 0 Å². The summed E-state index contributed by atoms with van der Waals surface area (Å²) in [5.74, 6) is -0.654. The van der Waals surface area contributed by atoms with E-state index in [-0.39, 0.29) is 24.3 Å². The van der Waals surface area contributed by atoms with Gasteiger partial charge in [0.2, 0.25) is 5.91 Å². The maximum atomic E-state index is 12.9. The topological polar surface area (TPSA) is 67.4 Å². The van der Waals surface area contributed by atoms with Crippen molar-refractivity contribution in [1.29, 1.82) is 0 Å². The predicted octanol–water partition coefficient (Wildman–Crippen LogP) is 2.92. The van der Waals surface area contributed by atoms with Crippen LogP contribution >= 0.6 is 0 Å². The fraction of sp³-hybridized carbons (Fsp3) is 0.500. The number of ether oxygens (including phenoxy) is 1. The average molecular weight is 310 g/mol. The van der Waals surface area contributed by atoms with E-state index in [0.29, 0.717) is 6.42 Å². The van der Waals surface area contributed by atoms with E-state index in [0.717, 1.165) is 5.56 Å². The Balaban J connectivity index is 2.49. The van der Waals surface area contributed by atoms with Crippen LogP contribution in [-0.2, 0) is 9.53 Å². The van der Waals surface area contributed by atoms with Crippen LogP contribution in [0.5, 0.6) is 0 Å². The number of hydrogen-bond acceptors (Lipinski definition) is 3. The molecular formula is C16H23FN2O3. The molecule has 0 aliphatic rings. The molecule has 0 heterocycles. The van der Waals surface area contributed by atoms with Gasteiger partial charge in [-0.3, -0.25) is 4.79 Å². The Bertz CT molecular complexity index is 509. The summed E-state index contributed by atoms with van der Waals surface area (Å²) in [7, 11) is 0. The molecule has 1 rings (SSSR count). The molecule has 1 atom stereocenters. The van der Waals surface area contributed by atoms with Crippen LogP contribution in [-0.4, -0.2) is 24.1 Å². The van der Waals surface area contributed by atoms with E-state index >= 15 is 0 Å². The summed E-state index contributed by atoms with van der Waals surface area (Å²) >= 11 is 0. The van der Waals surface area contributed by atoms with Crippen LogP contribution in [0.3, 0.4) is 0 Å². The third-order valence-electron chi connectivity index (χ3n) is 2.81. The van der Waals surface area contributed by atoms with Crippen molar-refractivity contribution in [1.82, 2.24) is 10.6 Å². The predicted molar refractivity (Wildman–Crippen MR) is 81.8 cm³/mol. The lowest BCUT2D eigenvalue weighted by atomic mass is 10.0. The third-order valence-corrected chi connectivity index (χ3v) is 2.81. The molecule has 122 valence electrons. The fourth-order valence-corrected chi connectivity index (χ4v) is 1.83. The van der Waals surface area contributed by atoms with Crippen molar-refractivity contribution in [2.45, 2.75) is 45.8 Å². The summed E-state index contributed by atoms with van der Waals surface area (Å²) in [4.78, 5) is 23.3. The second-order valence-corrected chi connectivity index (χ2v) is 5.94. The number of nitrogens with one attached hydrogen (secondary N) is 2. The molecule has 0 aromatic heterocycles. The number of carbonyl (C=O) groups is 2. The van der Waals surface area contributed by atoms with Crippen LogP contribution in [0.4, 0.5) is 9.18 Å². The second-order valence-electron chi connectivity index (χ2n) is 5.94. The van der Waals surface area contributed by atoms with Gasteiger partial charge in [-0.2, -0.15) is 0 Å². The lowest BCUT2D eigenvalue weighted by Gasteiger charge is -2.20. The van der Waals surface area contributed by atoms with Crippen molar-refractivity contribution in [3.05, 3.63) is 35.6 Å². The molecular weight excluding hydrogens is 287 g/mol. The summed E-state index contributed by atoms with van der Waals surface area (Å²) in [5, 5.41) is 5.18. The zero-order valence-corrected chi connectivity index (χ0v) is 13.4. The molecule has 0 fully saturated rings. The Labute approximate surface area is 130 Å². The van der Waals surface area contributed by atoms with E-state index in [9.17, 15) is 14.0 Å². The Hall–Kier alpha value is -2.11. The van der Waals surface area contributed by atoms with Crippen LogP contribution in [0, 0.1) is 5.82 Å². The summed E-state index contributed by atoms with van der Waals surface area (Å²) in [6.45, 7) is 6.97. The number of halogens is 1. The van der Waals surface area contributed by atoms with Crippen LogP contribution in [0.25, 0.3) is 0 Å². The van der Waals surface area contributed by atoms with E-state index in [4.69, 9.17) is 4.74 Å². The van der Waals surface area contributed by atoms with Crippen LogP contribution < -0.4 is 10.6 Å². The number of carbonyl (C=O) groups excluding carboxylic acids is 2. The first-order valence-corrected chi connectivity index (χ1v) is 7.23. The Morgan fingerprint density at radius 3 is 2.32 bits per heavy atom. The molecule has 0 aliphatic heterocycles. The number of amides is 2. The Morgan fingerprint density at radius 1 is 1.23 bits per heavy atom. The van der Waals surface area contributed by atoms with Crippen molar-refractivity contribution in [2.24, 2.45) is 0 Å². The molecule has 5 nitrogen and oxygen atoms in total. The highest BCUT2D eigenvalue weighted by atomic mass is 19.1. The van der Waals surface area contributed by atoms with Crippen molar-refractivity contribution in [2.75, 3.05) is 6.54 Å². The highest BCUT2D eigenvalue weighted by molar-refractivity contribution is 5.82. The van der Waals surface area contributed by atoms with Crippen LogP contribution in [0.1, 0.15) is 45.7 Å². The van der Waals surface area contributed by atoms with Gasteiger partial charge in [-0.1, -0.05) is 19.1 Å². The number of benzene rings is 1. The normalized spacial score (nSPS) is 12.4. The zero-order chi connectivity index (χ0) is 16.8. The first kappa shape index (κ1) is 17.9. The summed E-state index contributed by atoms with van der Waals surface area (Å²) in [5.41, 5.74) is 0.204. The van der Waals surface area contributed by atoms with E-state index in [1.165, 1.54) is 12.1 Å². The monoisotopic (exact) mass is 310 g/mol. The molecule has 6 heteroatoms. The minimum absolute atomic E-state index is 0.174. The molecule has 0 radical (unpaired) electrons. The summed E-state index contributed by atoms with van der Waals surface area (Å²) < 4.78 is 18.0. The maximum Gasteiger partial charge on any atom is 0.408 e. The van der Waals surface area contributed by atoms with Gasteiger partial charge in [-0.05, 0) is 44.9 Å². The third kappa shape index (κ3) is 6.56. The highest BCUT2D eigenvalue weighted by Crippen LogP contribution is 2.16. The van der Waals surface area contributed by atoms with Crippen molar-refractivity contribution in [3.8, 4) is 0 Å². The van der Waals surface area contributed by atoms with Gasteiger partial charge in [-0.15, -0.1) is 0 Å². The molecule has 0 bridgehead atoms. The smallest absolute Gasteiger partial charge is 0.408 e. The molecule has 0 spiro atoms. The minimum Gasteiger partial charge on any atom is -0.444 e. The molecule has 2 N–H and O–H groups in total. The lowest BCUT2D eigenvalue weighted by Crippen LogP contribution is -2.40. The van der Waals surface area contributed by atoms with Gasteiger partial charge in [0, 0.05) is 0 Å². The maximum absolute atomic E-state index is 12.9. The molecule has 0 aliphatic carbocycles. The highest BCUT2D eigenvalue weighted by Gasteiger charge is 2.17. The molecule has 0 saturated heterocycles. The molecule has 22 heavy (non-hydrogen) atoms. The average Bonchev–Trinajstić information content (AvgIpc) is 2.42. The van der Waals surface area contributed by atoms with Gasteiger partial charge < -0.3 is 15.4 Å². The van der Waals surface area contributed by atoms with Gasteiger partial charge in [0.1, 0.15) is 18.0 Å². The minimum atomic E-state index is -0.641. The van der Waals surface area contributed by atoms with E-state index < -0.39 is 11.7 Å². The summed E-state index contributed by atoms with van der Waals surface area (Å²) in [6, 6.07) is 5.73. The zero-order valence-electron chi connectivity index (χ0n) is 13.4. The van der Waals surface area contributed by atoms with Crippen LogP contribution in [0.15, 0.2) is 24.3 Å². The van der Waals surface area contributed by atoms with Crippen molar-refractivity contribution < 1.29 is 18.7 Å². The summed E-state index contributed by atoms with van der Waals surface area (Å²) in [6.07, 6.45) is 0.0153. The Morgan fingerprint density at radius 2 is 1.82 bits per heavy atom. The number of alkyl carbamates (subject to hydrolysis) is 1. The Kier molecular flexibility index (Phi) is 6.34. The van der Waals surface area contributed by atoms with E-state index in [1.807, 2.05) is 6.92 Å². The van der Waals surface area contributed by atoms with Gasteiger partial charge >= 0.3 is 6.09 Å². The standard InChI is InChI=1S/C16H23FN2O3/c1-5-13(11-6-8-12(17)9-7-11)19-14(20)10-18-15(21)22-16(2,3)4/h6-9,13H,5,10H2,1-4H3,(H,18,21)(H,19,20). The van der Waals surface area contributed by atoms with E-state index in [1.54, 1.807) is 32.9 Å². The van der Waals surface area contributed by atoms with Crippen LogP contribution in [0.2, 0.25) is 0 Å². The largest absolute Gasteiger partial charge is 0.444 e. The van der Waals surface area contributed by atoms with Gasteiger partial charge in [-0.25, -0.2) is 9.18 Å². The molecule has 2 amide bonds. The fourth-order valence-electron chi connectivity index (χ4n) is 1.83. The number of rotatable bonds is 5. The molecule has 1 unspecified atom stereocenters. The first-order valence-electron chi connectivity index (χ1n) is 7.23.